The maximum absolute atomic E-state index is 12.2. The number of halogens is 1. The molecule has 0 aliphatic carbocycles. The molecule has 24 heavy (non-hydrogen) atoms. The average Bonchev–Trinajstić information content (AvgIpc) is 3.00. The van der Waals surface area contributed by atoms with E-state index in [9.17, 15) is 9.59 Å². The molecule has 0 saturated carbocycles. The van der Waals surface area contributed by atoms with Crippen molar-refractivity contribution in [3.63, 3.8) is 0 Å². The summed E-state index contributed by atoms with van der Waals surface area (Å²) in [6, 6.07) is 5.15. The van der Waals surface area contributed by atoms with E-state index in [0.29, 0.717) is 31.1 Å². The fourth-order valence-corrected chi connectivity index (χ4v) is 4.11. The topological polar surface area (TPSA) is 68.3 Å². The monoisotopic (exact) mass is 366 g/mol. The Bertz CT molecular complexity index is 728. The smallest absolute Gasteiger partial charge is 0.220 e. The van der Waals surface area contributed by atoms with Crippen LogP contribution in [0.25, 0.3) is 10.2 Å². The van der Waals surface area contributed by atoms with E-state index in [1.807, 2.05) is 18.2 Å². The van der Waals surface area contributed by atoms with Gasteiger partial charge in [-0.1, -0.05) is 11.6 Å². The van der Waals surface area contributed by atoms with E-state index in [-0.39, 0.29) is 11.8 Å². The lowest BCUT2D eigenvalue weighted by molar-refractivity contribution is -0.125. The second-order valence-corrected chi connectivity index (χ2v) is 7.45. The highest BCUT2D eigenvalue weighted by Crippen LogP contribution is 2.26. The third kappa shape index (κ3) is 4.32. The molecule has 1 aromatic heterocycles. The minimum Gasteiger partial charge on any atom is -0.381 e. The van der Waals surface area contributed by atoms with E-state index in [2.05, 4.69) is 10.3 Å². The van der Waals surface area contributed by atoms with Crippen LogP contribution in [-0.2, 0) is 20.7 Å². The molecule has 1 saturated heterocycles. The predicted molar refractivity (Wildman–Crippen MR) is 94.5 cm³/mol. The Morgan fingerprint density at radius 2 is 2.25 bits per heavy atom. The number of thiazole rings is 1. The minimum absolute atomic E-state index is 0.115. The highest BCUT2D eigenvalue weighted by Gasteiger charge is 2.25. The van der Waals surface area contributed by atoms with Gasteiger partial charge in [0.15, 0.2) is 0 Å². The van der Waals surface area contributed by atoms with Crippen molar-refractivity contribution in [1.82, 2.24) is 10.3 Å². The molecule has 128 valence electrons. The van der Waals surface area contributed by atoms with Crippen molar-refractivity contribution in [2.24, 2.45) is 5.92 Å². The summed E-state index contributed by atoms with van der Waals surface area (Å²) in [5.74, 6) is 0.0562. The van der Waals surface area contributed by atoms with Crippen LogP contribution in [0.4, 0.5) is 0 Å². The molecule has 2 heterocycles. The molecule has 7 heteroatoms. The number of rotatable bonds is 6. The van der Waals surface area contributed by atoms with Gasteiger partial charge in [0.25, 0.3) is 0 Å². The molecule has 1 unspecified atom stereocenters. The third-order valence-corrected chi connectivity index (χ3v) is 5.52. The van der Waals surface area contributed by atoms with Gasteiger partial charge in [-0.25, -0.2) is 4.98 Å². The van der Waals surface area contributed by atoms with Crippen molar-refractivity contribution in [2.45, 2.75) is 31.7 Å². The van der Waals surface area contributed by atoms with Crippen molar-refractivity contribution in [3.05, 3.63) is 28.2 Å². The minimum atomic E-state index is -0.421. The first-order valence-electron chi connectivity index (χ1n) is 8.03. The number of carbonyl (C=O) groups is 2. The molecule has 0 bridgehead atoms. The molecule has 2 aromatic rings. The molecule has 1 N–H and O–H groups in total. The van der Waals surface area contributed by atoms with Gasteiger partial charge in [-0.3, -0.25) is 4.79 Å². The number of hydrogen-bond acceptors (Lipinski definition) is 5. The molecule has 1 fully saturated rings. The largest absolute Gasteiger partial charge is 0.381 e. The average molecular weight is 367 g/mol. The number of hydrogen-bond donors (Lipinski definition) is 1. The molecule has 1 atom stereocenters. The van der Waals surface area contributed by atoms with E-state index in [0.717, 1.165) is 34.4 Å². The lowest BCUT2D eigenvalue weighted by atomic mass is 9.92. The van der Waals surface area contributed by atoms with Crippen LogP contribution in [0.2, 0.25) is 5.02 Å². The first kappa shape index (κ1) is 17.3. The van der Waals surface area contributed by atoms with Gasteiger partial charge in [-0.15, -0.1) is 11.3 Å². The Kier molecular flexibility index (Phi) is 5.81. The van der Waals surface area contributed by atoms with Gasteiger partial charge >= 0.3 is 0 Å². The van der Waals surface area contributed by atoms with Gasteiger partial charge in [-0.2, -0.15) is 0 Å². The molecule has 3 rings (SSSR count). The zero-order valence-corrected chi connectivity index (χ0v) is 14.7. The van der Waals surface area contributed by atoms with Crippen LogP contribution in [0.3, 0.4) is 0 Å². The van der Waals surface area contributed by atoms with Gasteiger partial charge in [0.1, 0.15) is 6.29 Å². The summed E-state index contributed by atoms with van der Waals surface area (Å²) < 4.78 is 6.32. The predicted octanol–water partition coefficient (Wildman–Crippen LogP) is 2.99. The van der Waals surface area contributed by atoms with E-state index in [1.54, 1.807) is 11.3 Å². The van der Waals surface area contributed by atoms with Gasteiger partial charge in [-0.05, 0) is 37.0 Å². The summed E-state index contributed by atoms with van der Waals surface area (Å²) in [4.78, 5) is 27.9. The molecule has 0 radical (unpaired) electrons. The van der Waals surface area contributed by atoms with Crippen LogP contribution in [-0.4, -0.2) is 36.4 Å². The fourth-order valence-electron chi connectivity index (χ4n) is 2.87. The first-order valence-corrected chi connectivity index (χ1v) is 9.22. The molecular formula is C17H19ClN2O3S. The van der Waals surface area contributed by atoms with Crippen LogP contribution < -0.4 is 5.32 Å². The first-order chi connectivity index (χ1) is 11.7. The second kappa shape index (κ2) is 8.05. The number of amides is 1. The number of carbonyl (C=O) groups excluding carboxylic acids is 2. The van der Waals surface area contributed by atoms with Crippen molar-refractivity contribution in [3.8, 4) is 0 Å². The van der Waals surface area contributed by atoms with Crippen molar-refractivity contribution >= 4 is 45.3 Å². The normalized spacial score (nSPS) is 16.9. The lowest BCUT2D eigenvalue weighted by Crippen LogP contribution is -2.43. The number of nitrogens with one attached hydrogen (secondary N) is 1. The molecule has 1 amide bonds. The Labute approximate surface area is 149 Å². The van der Waals surface area contributed by atoms with Crippen LogP contribution in [0.1, 0.15) is 24.3 Å². The highest BCUT2D eigenvalue weighted by molar-refractivity contribution is 7.18. The zero-order valence-electron chi connectivity index (χ0n) is 13.2. The van der Waals surface area contributed by atoms with E-state index >= 15 is 0 Å². The molecule has 1 aliphatic rings. The third-order valence-electron chi connectivity index (χ3n) is 4.21. The maximum Gasteiger partial charge on any atom is 0.220 e. The lowest BCUT2D eigenvalue weighted by Gasteiger charge is -2.27. The van der Waals surface area contributed by atoms with Gasteiger partial charge < -0.3 is 14.8 Å². The Morgan fingerprint density at radius 3 is 3.00 bits per heavy atom. The van der Waals surface area contributed by atoms with Gasteiger partial charge in [0.2, 0.25) is 5.91 Å². The Balaban J connectivity index is 1.54. The summed E-state index contributed by atoms with van der Waals surface area (Å²) in [5.41, 5.74) is 0.896. The zero-order chi connectivity index (χ0) is 16.9. The number of nitrogens with zero attached hydrogens (tertiary/aromatic N) is 1. The molecule has 0 spiro atoms. The summed E-state index contributed by atoms with van der Waals surface area (Å²) in [6.07, 6.45) is 3.33. The second-order valence-electron chi connectivity index (χ2n) is 5.90. The molecule has 1 aromatic carbocycles. The van der Waals surface area contributed by atoms with E-state index in [1.165, 1.54) is 0 Å². The van der Waals surface area contributed by atoms with E-state index < -0.39 is 6.04 Å². The number of aldehydes is 1. The van der Waals surface area contributed by atoms with Crippen LogP contribution in [0.15, 0.2) is 18.2 Å². The number of aromatic nitrogens is 1. The van der Waals surface area contributed by atoms with Crippen LogP contribution in [0.5, 0.6) is 0 Å². The summed E-state index contributed by atoms with van der Waals surface area (Å²) in [5, 5.41) is 4.42. The standard InChI is InChI=1S/C17H19ClN2O3S/c18-12-1-2-13-15(9-12)24-17(20-13)4-3-16(22)19-14(10-21)11-5-7-23-8-6-11/h1-2,9-11,14H,3-8H2,(H,19,22). The molecular weight excluding hydrogens is 348 g/mol. The Morgan fingerprint density at radius 1 is 1.46 bits per heavy atom. The SMILES string of the molecule is O=CC(NC(=O)CCc1nc2ccc(Cl)cc2s1)C1CCOCC1. The molecule has 5 nitrogen and oxygen atoms in total. The highest BCUT2D eigenvalue weighted by atomic mass is 35.5. The quantitative estimate of drug-likeness (QED) is 0.798. The molecule has 1 aliphatic heterocycles. The van der Waals surface area contributed by atoms with Crippen molar-refractivity contribution in [1.29, 1.82) is 0 Å². The van der Waals surface area contributed by atoms with Crippen LogP contribution in [0, 0.1) is 5.92 Å². The van der Waals surface area contributed by atoms with Crippen molar-refractivity contribution in [2.75, 3.05) is 13.2 Å². The summed E-state index contributed by atoms with van der Waals surface area (Å²) in [6.45, 7) is 1.30. The van der Waals surface area contributed by atoms with Crippen molar-refractivity contribution < 1.29 is 14.3 Å². The summed E-state index contributed by atoms with van der Waals surface area (Å²) in [7, 11) is 0. The van der Waals surface area contributed by atoms with E-state index in [4.69, 9.17) is 16.3 Å². The maximum atomic E-state index is 12.2. The number of aryl methyl sites for hydroxylation is 1. The number of benzene rings is 1. The summed E-state index contributed by atoms with van der Waals surface area (Å²) >= 11 is 7.52. The van der Waals surface area contributed by atoms with Gasteiger partial charge in [0.05, 0.1) is 21.3 Å². The number of ether oxygens (including phenoxy) is 1. The fraction of sp³-hybridized carbons (Fsp3) is 0.471. The Hall–Kier alpha value is -1.50. The number of fused-ring (bicyclic) bond motifs is 1. The van der Waals surface area contributed by atoms with Crippen LogP contribution >= 0.6 is 22.9 Å². The van der Waals surface area contributed by atoms with Gasteiger partial charge in [0, 0.05) is 31.1 Å².